The predicted molar refractivity (Wildman–Crippen MR) is 54.4 cm³/mol. The SMILES string of the molecule is NC(=O)N1CC=CN1c1ccccc1. The molecule has 14 heavy (non-hydrogen) atoms. The molecule has 1 aromatic carbocycles. The van der Waals surface area contributed by atoms with Crippen LogP contribution in [-0.4, -0.2) is 17.6 Å². The van der Waals surface area contributed by atoms with Crippen LogP contribution in [0.5, 0.6) is 0 Å². The fourth-order valence-corrected chi connectivity index (χ4v) is 1.42. The Morgan fingerprint density at radius 2 is 2.00 bits per heavy atom. The summed E-state index contributed by atoms with van der Waals surface area (Å²) in [4.78, 5) is 11.1. The molecule has 1 aliphatic heterocycles. The summed E-state index contributed by atoms with van der Waals surface area (Å²) in [6.45, 7) is 0.532. The van der Waals surface area contributed by atoms with Crippen molar-refractivity contribution in [3.05, 3.63) is 42.6 Å². The molecular formula is C10H11N3O. The van der Waals surface area contributed by atoms with Crippen LogP contribution in [0.25, 0.3) is 0 Å². The van der Waals surface area contributed by atoms with Gasteiger partial charge >= 0.3 is 6.03 Å². The van der Waals surface area contributed by atoms with Gasteiger partial charge in [-0.3, -0.25) is 5.01 Å². The lowest BCUT2D eigenvalue weighted by Gasteiger charge is -2.27. The number of nitrogens with two attached hydrogens (primary N) is 1. The van der Waals surface area contributed by atoms with E-state index in [0.717, 1.165) is 5.69 Å². The number of carbonyl (C=O) groups excluding carboxylic acids is 1. The van der Waals surface area contributed by atoms with Gasteiger partial charge in [0.25, 0.3) is 0 Å². The lowest BCUT2D eigenvalue weighted by Crippen LogP contribution is -2.43. The highest BCUT2D eigenvalue weighted by atomic mass is 16.2. The molecule has 4 heteroatoms. The van der Waals surface area contributed by atoms with Crippen molar-refractivity contribution in [3.63, 3.8) is 0 Å². The normalized spacial score (nSPS) is 14.9. The van der Waals surface area contributed by atoms with Crippen molar-refractivity contribution >= 4 is 11.7 Å². The maximum absolute atomic E-state index is 11.1. The van der Waals surface area contributed by atoms with Gasteiger partial charge in [-0.05, 0) is 18.2 Å². The first-order valence-electron chi connectivity index (χ1n) is 4.37. The minimum absolute atomic E-state index is 0.446. The summed E-state index contributed by atoms with van der Waals surface area (Å²) in [7, 11) is 0. The van der Waals surface area contributed by atoms with Crippen LogP contribution in [0.4, 0.5) is 10.5 Å². The van der Waals surface area contributed by atoms with Gasteiger partial charge in [0.15, 0.2) is 0 Å². The molecule has 2 amide bonds. The lowest BCUT2D eigenvalue weighted by atomic mass is 10.3. The number of primary amides is 1. The quantitative estimate of drug-likeness (QED) is 0.724. The average molecular weight is 189 g/mol. The van der Waals surface area contributed by atoms with E-state index >= 15 is 0 Å². The summed E-state index contributed by atoms with van der Waals surface area (Å²) in [5, 5.41) is 3.21. The number of amides is 2. The standard InChI is InChI=1S/C10H11N3O/c11-10(14)13-8-4-7-12(13)9-5-2-1-3-6-9/h1-7H,8H2,(H2,11,14). The Balaban J connectivity index is 2.26. The minimum atomic E-state index is -0.446. The Kier molecular flexibility index (Phi) is 2.10. The molecule has 0 bridgehead atoms. The fraction of sp³-hybridized carbons (Fsp3) is 0.100. The number of hydrogen-bond donors (Lipinski definition) is 1. The maximum Gasteiger partial charge on any atom is 0.334 e. The van der Waals surface area contributed by atoms with Crippen LogP contribution in [0.1, 0.15) is 0 Å². The highest BCUT2D eigenvalue weighted by Crippen LogP contribution is 2.19. The minimum Gasteiger partial charge on any atom is -0.350 e. The molecule has 0 saturated carbocycles. The van der Waals surface area contributed by atoms with Gasteiger partial charge in [-0.2, -0.15) is 0 Å². The Hall–Kier alpha value is -1.97. The van der Waals surface area contributed by atoms with E-state index in [1.165, 1.54) is 5.01 Å². The van der Waals surface area contributed by atoms with Crippen LogP contribution in [0.2, 0.25) is 0 Å². The second-order valence-electron chi connectivity index (χ2n) is 2.99. The highest BCUT2D eigenvalue weighted by molar-refractivity contribution is 5.76. The molecule has 4 nitrogen and oxygen atoms in total. The molecule has 0 aliphatic carbocycles. The van der Waals surface area contributed by atoms with E-state index < -0.39 is 6.03 Å². The zero-order valence-corrected chi connectivity index (χ0v) is 7.63. The van der Waals surface area contributed by atoms with Crippen molar-refractivity contribution in [1.82, 2.24) is 5.01 Å². The molecule has 0 atom stereocenters. The molecule has 0 radical (unpaired) electrons. The third kappa shape index (κ3) is 1.42. The number of hydrazine groups is 1. The van der Waals surface area contributed by atoms with Crippen LogP contribution in [0.3, 0.4) is 0 Å². The van der Waals surface area contributed by atoms with Crippen molar-refractivity contribution in [2.24, 2.45) is 5.73 Å². The van der Waals surface area contributed by atoms with Crippen LogP contribution in [0.15, 0.2) is 42.6 Å². The number of carbonyl (C=O) groups is 1. The Bertz CT molecular complexity index is 361. The number of anilines is 1. The van der Waals surface area contributed by atoms with Gasteiger partial charge in [0.2, 0.25) is 0 Å². The molecule has 1 aromatic rings. The van der Waals surface area contributed by atoms with Gasteiger partial charge in [-0.1, -0.05) is 18.2 Å². The van der Waals surface area contributed by atoms with Crippen molar-refractivity contribution in [2.75, 3.05) is 11.6 Å². The fourth-order valence-electron chi connectivity index (χ4n) is 1.42. The van der Waals surface area contributed by atoms with Crippen LogP contribution in [-0.2, 0) is 0 Å². The number of benzene rings is 1. The van der Waals surface area contributed by atoms with Crippen molar-refractivity contribution in [3.8, 4) is 0 Å². The Morgan fingerprint density at radius 1 is 1.29 bits per heavy atom. The third-order valence-corrected chi connectivity index (χ3v) is 2.06. The summed E-state index contributed by atoms with van der Waals surface area (Å²) >= 11 is 0. The largest absolute Gasteiger partial charge is 0.350 e. The lowest BCUT2D eigenvalue weighted by molar-refractivity contribution is 0.216. The molecular weight excluding hydrogens is 178 g/mol. The second kappa shape index (κ2) is 3.41. The molecule has 1 heterocycles. The summed E-state index contributed by atoms with van der Waals surface area (Å²) in [6, 6.07) is 9.16. The first-order chi connectivity index (χ1) is 6.79. The molecule has 0 spiro atoms. The van der Waals surface area contributed by atoms with Crippen LogP contribution < -0.4 is 10.7 Å². The van der Waals surface area contributed by atoms with Crippen molar-refractivity contribution in [2.45, 2.75) is 0 Å². The molecule has 0 unspecified atom stereocenters. The molecule has 2 N–H and O–H groups in total. The number of urea groups is 1. The van der Waals surface area contributed by atoms with Crippen LogP contribution in [0, 0.1) is 0 Å². The van der Waals surface area contributed by atoms with Gasteiger partial charge in [0.05, 0.1) is 12.2 Å². The van der Waals surface area contributed by atoms with Gasteiger partial charge in [-0.15, -0.1) is 0 Å². The van der Waals surface area contributed by atoms with E-state index in [0.29, 0.717) is 6.54 Å². The first kappa shape index (κ1) is 8.62. The summed E-state index contributed by atoms with van der Waals surface area (Å²) in [5.74, 6) is 0. The van der Waals surface area contributed by atoms with Gasteiger partial charge in [-0.25, -0.2) is 9.80 Å². The topological polar surface area (TPSA) is 49.6 Å². The van der Waals surface area contributed by atoms with E-state index in [1.807, 2.05) is 42.6 Å². The summed E-state index contributed by atoms with van der Waals surface area (Å²) in [6.07, 6.45) is 3.72. The number of para-hydroxylation sites is 1. The zero-order chi connectivity index (χ0) is 9.97. The maximum atomic E-state index is 11.1. The zero-order valence-electron chi connectivity index (χ0n) is 7.63. The van der Waals surface area contributed by atoms with Gasteiger partial charge in [0.1, 0.15) is 0 Å². The number of hydrogen-bond acceptors (Lipinski definition) is 2. The number of rotatable bonds is 1. The predicted octanol–water partition coefficient (Wildman–Crippen LogP) is 1.32. The van der Waals surface area contributed by atoms with E-state index in [2.05, 4.69) is 0 Å². The van der Waals surface area contributed by atoms with E-state index in [4.69, 9.17) is 5.73 Å². The molecule has 2 rings (SSSR count). The van der Waals surface area contributed by atoms with E-state index in [9.17, 15) is 4.79 Å². The summed E-state index contributed by atoms with van der Waals surface area (Å²) < 4.78 is 0. The molecule has 0 aromatic heterocycles. The molecule has 72 valence electrons. The highest BCUT2D eigenvalue weighted by Gasteiger charge is 2.20. The second-order valence-corrected chi connectivity index (χ2v) is 2.99. The average Bonchev–Trinajstić information content (AvgIpc) is 2.67. The Morgan fingerprint density at radius 3 is 2.64 bits per heavy atom. The third-order valence-electron chi connectivity index (χ3n) is 2.06. The van der Waals surface area contributed by atoms with E-state index in [-0.39, 0.29) is 0 Å². The van der Waals surface area contributed by atoms with E-state index in [1.54, 1.807) is 5.01 Å². The molecule has 0 saturated heterocycles. The Labute approximate surface area is 82.2 Å². The molecule has 1 aliphatic rings. The van der Waals surface area contributed by atoms with Gasteiger partial charge in [0, 0.05) is 6.20 Å². The first-order valence-corrected chi connectivity index (χ1v) is 4.37. The van der Waals surface area contributed by atoms with Crippen LogP contribution >= 0.6 is 0 Å². The summed E-state index contributed by atoms with van der Waals surface area (Å²) in [5.41, 5.74) is 6.16. The number of nitrogens with zero attached hydrogens (tertiary/aromatic N) is 2. The monoisotopic (exact) mass is 189 g/mol. The van der Waals surface area contributed by atoms with Crippen molar-refractivity contribution < 1.29 is 4.79 Å². The van der Waals surface area contributed by atoms with Crippen molar-refractivity contribution in [1.29, 1.82) is 0 Å². The smallest absolute Gasteiger partial charge is 0.334 e. The molecule has 0 fully saturated rings. The van der Waals surface area contributed by atoms with Gasteiger partial charge < -0.3 is 5.73 Å².